The van der Waals surface area contributed by atoms with E-state index < -0.39 is 0 Å². The molecule has 2 heterocycles. The average molecular weight is 365 g/mol. The molecule has 0 aliphatic carbocycles. The van der Waals surface area contributed by atoms with E-state index in [-0.39, 0.29) is 11.7 Å². The molecule has 0 saturated heterocycles. The van der Waals surface area contributed by atoms with Gasteiger partial charge in [-0.3, -0.25) is 4.79 Å². The second-order valence-electron chi connectivity index (χ2n) is 5.88. The molecule has 0 bridgehead atoms. The third-order valence-electron chi connectivity index (χ3n) is 4.32. The molecule has 0 spiro atoms. The SMILES string of the molecule is CNC(=O)c1c(-c2ccc(F)cc2)oc2cc(-c3ncc[nH]3)c(OC)cc12. The van der Waals surface area contributed by atoms with Gasteiger partial charge in [-0.25, -0.2) is 9.37 Å². The van der Waals surface area contributed by atoms with Gasteiger partial charge in [0.15, 0.2) is 0 Å². The predicted molar refractivity (Wildman–Crippen MR) is 99.1 cm³/mol. The molecule has 0 saturated carbocycles. The van der Waals surface area contributed by atoms with Crippen LogP contribution in [-0.4, -0.2) is 30.0 Å². The molecule has 2 aromatic carbocycles. The van der Waals surface area contributed by atoms with Gasteiger partial charge >= 0.3 is 0 Å². The van der Waals surface area contributed by atoms with Crippen LogP contribution in [0.3, 0.4) is 0 Å². The first-order chi connectivity index (χ1) is 13.1. The highest BCUT2D eigenvalue weighted by Gasteiger charge is 2.24. The molecule has 0 aliphatic rings. The molecule has 0 radical (unpaired) electrons. The monoisotopic (exact) mass is 365 g/mol. The topological polar surface area (TPSA) is 80.2 Å². The summed E-state index contributed by atoms with van der Waals surface area (Å²) >= 11 is 0. The van der Waals surface area contributed by atoms with Crippen LogP contribution in [-0.2, 0) is 0 Å². The summed E-state index contributed by atoms with van der Waals surface area (Å²) in [6, 6.07) is 9.31. The van der Waals surface area contributed by atoms with Crippen LogP contribution in [0.5, 0.6) is 5.75 Å². The Morgan fingerprint density at radius 2 is 2.04 bits per heavy atom. The maximum absolute atomic E-state index is 13.3. The molecule has 1 amide bonds. The highest BCUT2D eigenvalue weighted by Crippen LogP contribution is 2.39. The third kappa shape index (κ3) is 2.83. The number of methoxy groups -OCH3 is 1. The maximum Gasteiger partial charge on any atom is 0.255 e. The molecular formula is C20H16FN3O3. The van der Waals surface area contributed by atoms with Gasteiger partial charge in [0.25, 0.3) is 5.91 Å². The standard InChI is InChI=1S/C20H16FN3O3/c1-22-20(25)17-13-9-15(26-2)14(19-23-7-8-24-19)10-16(13)27-18(17)11-3-5-12(21)6-4-11/h3-10H,1-2H3,(H,22,25)(H,23,24). The lowest BCUT2D eigenvalue weighted by molar-refractivity contribution is 0.0964. The minimum atomic E-state index is -0.363. The van der Waals surface area contributed by atoms with Crippen molar-refractivity contribution in [1.29, 1.82) is 0 Å². The van der Waals surface area contributed by atoms with E-state index in [4.69, 9.17) is 9.15 Å². The summed E-state index contributed by atoms with van der Waals surface area (Å²) in [5.74, 6) is 0.867. The van der Waals surface area contributed by atoms with Crippen LogP contribution in [0.25, 0.3) is 33.7 Å². The van der Waals surface area contributed by atoms with E-state index in [1.165, 1.54) is 12.1 Å². The largest absolute Gasteiger partial charge is 0.496 e. The number of H-pyrrole nitrogens is 1. The van der Waals surface area contributed by atoms with Crippen LogP contribution in [0.1, 0.15) is 10.4 Å². The van der Waals surface area contributed by atoms with Gasteiger partial charge in [0, 0.05) is 30.4 Å². The van der Waals surface area contributed by atoms with Crippen LogP contribution >= 0.6 is 0 Å². The number of benzene rings is 2. The van der Waals surface area contributed by atoms with Gasteiger partial charge in [0.2, 0.25) is 0 Å². The fraction of sp³-hybridized carbons (Fsp3) is 0.100. The number of nitrogens with zero attached hydrogens (tertiary/aromatic N) is 1. The Morgan fingerprint density at radius 1 is 1.26 bits per heavy atom. The first kappa shape index (κ1) is 16.8. The summed E-state index contributed by atoms with van der Waals surface area (Å²) in [5.41, 5.74) is 2.17. The molecule has 2 aromatic heterocycles. The molecule has 136 valence electrons. The Bertz CT molecular complexity index is 1120. The Labute approximate surface area is 154 Å². The normalized spacial score (nSPS) is 10.9. The number of aromatic amines is 1. The number of carbonyl (C=O) groups excluding carboxylic acids is 1. The number of carbonyl (C=O) groups is 1. The van der Waals surface area contributed by atoms with Crippen molar-refractivity contribution in [2.75, 3.05) is 14.2 Å². The van der Waals surface area contributed by atoms with Crippen molar-refractivity contribution >= 4 is 16.9 Å². The van der Waals surface area contributed by atoms with E-state index in [0.717, 1.165) is 0 Å². The van der Waals surface area contributed by atoms with Crippen LogP contribution in [0.4, 0.5) is 4.39 Å². The fourth-order valence-corrected chi connectivity index (χ4v) is 3.04. The summed E-state index contributed by atoms with van der Waals surface area (Å²) in [7, 11) is 3.10. The molecule has 4 rings (SSSR count). The molecule has 2 N–H and O–H groups in total. The van der Waals surface area contributed by atoms with Gasteiger partial charge in [0.1, 0.15) is 28.7 Å². The average Bonchev–Trinajstić information content (AvgIpc) is 3.34. The quantitative estimate of drug-likeness (QED) is 0.573. The summed E-state index contributed by atoms with van der Waals surface area (Å²) in [6.07, 6.45) is 3.35. The number of imidazole rings is 1. The number of halogens is 1. The zero-order chi connectivity index (χ0) is 19.0. The number of rotatable bonds is 4. The lowest BCUT2D eigenvalue weighted by atomic mass is 10.0. The van der Waals surface area contributed by atoms with Crippen molar-refractivity contribution in [3.63, 3.8) is 0 Å². The van der Waals surface area contributed by atoms with Gasteiger partial charge in [-0.2, -0.15) is 0 Å². The Balaban J connectivity index is 2.01. The number of hydrogen-bond acceptors (Lipinski definition) is 4. The highest BCUT2D eigenvalue weighted by atomic mass is 19.1. The van der Waals surface area contributed by atoms with Crippen molar-refractivity contribution in [1.82, 2.24) is 15.3 Å². The van der Waals surface area contributed by atoms with Crippen LogP contribution in [0.15, 0.2) is 53.2 Å². The van der Waals surface area contributed by atoms with Gasteiger partial charge in [-0.05, 0) is 36.4 Å². The van der Waals surface area contributed by atoms with Crippen molar-refractivity contribution in [2.45, 2.75) is 0 Å². The molecule has 4 aromatic rings. The summed E-state index contributed by atoms with van der Waals surface area (Å²) < 4.78 is 24.8. The number of hydrogen-bond donors (Lipinski definition) is 2. The minimum Gasteiger partial charge on any atom is -0.496 e. The lowest BCUT2D eigenvalue weighted by Gasteiger charge is -2.07. The Kier molecular flexibility index (Phi) is 4.12. The molecule has 0 unspecified atom stereocenters. The Hall–Kier alpha value is -3.61. The van der Waals surface area contributed by atoms with Gasteiger partial charge < -0.3 is 19.5 Å². The van der Waals surface area contributed by atoms with Crippen molar-refractivity contribution in [3.8, 4) is 28.5 Å². The number of nitrogens with one attached hydrogen (secondary N) is 2. The molecule has 7 heteroatoms. The lowest BCUT2D eigenvalue weighted by Crippen LogP contribution is -2.18. The highest BCUT2D eigenvalue weighted by molar-refractivity contribution is 6.12. The number of ether oxygens (including phenoxy) is 1. The van der Waals surface area contributed by atoms with Gasteiger partial charge in [0.05, 0.1) is 18.2 Å². The first-order valence-electron chi connectivity index (χ1n) is 8.24. The molecule has 0 aliphatic heterocycles. The van der Waals surface area contributed by atoms with Crippen molar-refractivity contribution in [2.24, 2.45) is 0 Å². The first-order valence-corrected chi connectivity index (χ1v) is 8.24. The number of furan rings is 1. The van der Waals surface area contributed by atoms with Crippen molar-refractivity contribution in [3.05, 3.63) is 60.2 Å². The van der Waals surface area contributed by atoms with Crippen LogP contribution < -0.4 is 10.1 Å². The van der Waals surface area contributed by atoms with Crippen LogP contribution in [0, 0.1) is 5.82 Å². The smallest absolute Gasteiger partial charge is 0.255 e. The molecule has 27 heavy (non-hydrogen) atoms. The van der Waals surface area contributed by atoms with Crippen LogP contribution in [0.2, 0.25) is 0 Å². The third-order valence-corrected chi connectivity index (χ3v) is 4.32. The maximum atomic E-state index is 13.3. The van der Waals surface area contributed by atoms with Gasteiger partial charge in [-0.1, -0.05) is 0 Å². The predicted octanol–water partition coefficient (Wildman–Crippen LogP) is 4.00. The van der Waals surface area contributed by atoms with Gasteiger partial charge in [-0.15, -0.1) is 0 Å². The summed E-state index contributed by atoms with van der Waals surface area (Å²) in [4.78, 5) is 19.8. The molecule has 0 fully saturated rings. The van der Waals surface area contributed by atoms with E-state index >= 15 is 0 Å². The van der Waals surface area contributed by atoms with E-state index in [1.54, 1.807) is 50.8 Å². The van der Waals surface area contributed by atoms with E-state index in [0.29, 0.717) is 45.0 Å². The molecular weight excluding hydrogens is 349 g/mol. The van der Waals surface area contributed by atoms with E-state index in [9.17, 15) is 9.18 Å². The van der Waals surface area contributed by atoms with E-state index in [1.807, 2.05) is 0 Å². The second-order valence-corrected chi connectivity index (χ2v) is 5.88. The number of amides is 1. The molecule has 0 atom stereocenters. The summed E-state index contributed by atoms with van der Waals surface area (Å²) in [5, 5.41) is 3.23. The zero-order valence-electron chi connectivity index (χ0n) is 14.7. The number of fused-ring (bicyclic) bond motifs is 1. The minimum absolute atomic E-state index is 0.305. The fourth-order valence-electron chi connectivity index (χ4n) is 3.04. The zero-order valence-corrected chi connectivity index (χ0v) is 14.7. The second kappa shape index (κ2) is 6.60. The molecule has 6 nitrogen and oxygen atoms in total. The summed E-state index contributed by atoms with van der Waals surface area (Å²) in [6.45, 7) is 0. The van der Waals surface area contributed by atoms with Crippen molar-refractivity contribution < 1.29 is 18.3 Å². The Morgan fingerprint density at radius 3 is 2.67 bits per heavy atom. The van der Waals surface area contributed by atoms with E-state index in [2.05, 4.69) is 15.3 Å². The number of aromatic nitrogens is 2.